The van der Waals surface area contributed by atoms with Crippen molar-refractivity contribution in [3.8, 4) is 0 Å². The number of fused-ring (bicyclic) bond motifs is 1. The minimum absolute atomic E-state index is 0.202. The number of nitrogens with zero attached hydrogens (tertiary/aromatic N) is 2. The van der Waals surface area contributed by atoms with Crippen LogP contribution in [0, 0.1) is 5.92 Å². The highest BCUT2D eigenvalue weighted by molar-refractivity contribution is 5.75. The second-order valence-electron chi connectivity index (χ2n) is 3.80. The Morgan fingerprint density at radius 3 is 2.81 bits per heavy atom. The van der Waals surface area contributed by atoms with E-state index in [0.717, 1.165) is 0 Å². The van der Waals surface area contributed by atoms with E-state index < -0.39 is 30.4 Å². The Morgan fingerprint density at radius 2 is 2.25 bits per heavy atom. The predicted molar refractivity (Wildman–Crippen MR) is 46.8 cm³/mol. The van der Waals surface area contributed by atoms with Gasteiger partial charge in [-0.15, -0.1) is 0 Å². The highest BCUT2D eigenvalue weighted by Gasteiger charge is 2.46. The zero-order valence-corrected chi connectivity index (χ0v) is 8.11. The second kappa shape index (κ2) is 3.50. The van der Waals surface area contributed by atoms with E-state index in [9.17, 15) is 18.0 Å². The lowest BCUT2D eigenvalue weighted by Crippen LogP contribution is -2.36. The molecule has 1 aliphatic heterocycles. The Morgan fingerprint density at radius 1 is 1.56 bits per heavy atom. The fraction of sp³-hybridized carbons (Fsp3) is 0.556. The molecule has 0 radical (unpaired) electrons. The summed E-state index contributed by atoms with van der Waals surface area (Å²) in [5, 5.41) is 8.87. The molecule has 7 heteroatoms. The smallest absolute Gasteiger partial charge is 0.393 e. The van der Waals surface area contributed by atoms with E-state index >= 15 is 0 Å². The van der Waals surface area contributed by atoms with Crippen LogP contribution in [-0.4, -0.2) is 26.8 Å². The molecule has 1 aromatic heterocycles. The summed E-state index contributed by atoms with van der Waals surface area (Å²) >= 11 is 0. The van der Waals surface area contributed by atoms with E-state index in [1.807, 2.05) is 0 Å². The SMILES string of the molecule is O=C(O)[C@@H]1C[C@@H](C(F)(F)F)Cn2ccnc21. The number of alkyl halides is 3. The van der Waals surface area contributed by atoms with Crippen LogP contribution in [0.25, 0.3) is 0 Å². The molecule has 2 heterocycles. The molecule has 0 aliphatic carbocycles. The molecule has 2 rings (SSSR count). The molecule has 2 atom stereocenters. The molecule has 0 spiro atoms. The molecule has 1 aliphatic rings. The first-order valence-corrected chi connectivity index (χ1v) is 4.70. The van der Waals surface area contributed by atoms with Gasteiger partial charge in [0.05, 0.1) is 5.92 Å². The number of carboxylic acids is 1. The monoisotopic (exact) mass is 234 g/mol. The van der Waals surface area contributed by atoms with E-state index in [4.69, 9.17) is 5.11 Å². The van der Waals surface area contributed by atoms with Crippen LogP contribution < -0.4 is 0 Å². The summed E-state index contributed by atoms with van der Waals surface area (Å²) in [6.45, 7) is -0.247. The Bertz CT molecular complexity index is 413. The number of rotatable bonds is 1. The van der Waals surface area contributed by atoms with Crippen molar-refractivity contribution >= 4 is 5.97 Å². The van der Waals surface area contributed by atoms with Crippen molar-refractivity contribution < 1.29 is 23.1 Å². The molecule has 4 nitrogen and oxygen atoms in total. The first kappa shape index (κ1) is 11.0. The average Bonchev–Trinajstić information content (AvgIpc) is 2.61. The number of imidazole rings is 1. The summed E-state index contributed by atoms with van der Waals surface area (Å²) in [4.78, 5) is 14.7. The van der Waals surface area contributed by atoms with Gasteiger partial charge < -0.3 is 9.67 Å². The minimum atomic E-state index is -4.37. The molecule has 1 aromatic rings. The Kier molecular flexibility index (Phi) is 2.40. The van der Waals surface area contributed by atoms with Crippen LogP contribution in [0.2, 0.25) is 0 Å². The van der Waals surface area contributed by atoms with E-state index in [2.05, 4.69) is 4.98 Å². The summed E-state index contributed by atoms with van der Waals surface area (Å²) in [5.41, 5.74) is 0. The van der Waals surface area contributed by atoms with Gasteiger partial charge in [-0.05, 0) is 6.42 Å². The number of hydrogen-bond acceptors (Lipinski definition) is 2. The van der Waals surface area contributed by atoms with Crippen LogP contribution >= 0.6 is 0 Å². The molecule has 0 fully saturated rings. The standard InChI is InChI=1S/C9H9F3N2O2/c10-9(11,12)5-3-6(8(15)16)7-13-1-2-14(7)4-5/h1-2,5-6H,3-4H2,(H,15,16)/t5-,6-/m1/s1. The summed E-state index contributed by atoms with van der Waals surface area (Å²) in [7, 11) is 0. The number of aromatic nitrogens is 2. The van der Waals surface area contributed by atoms with Crippen LogP contribution in [0.1, 0.15) is 18.2 Å². The molecule has 16 heavy (non-hydrogen) atoms. The van der Waals surface area contributed by atoms with Crippen LogP contribution in [0.15, 0.2) is 12.4 Å². The highest BCUT2D eigenvalue weighted by Crippen LogP contribution is 2.39. The first-order valence-electron chi connectivity index (χ1n) is 4.70. The number of halogens is 3. The van der Waals surface area contributed by atoms with Gasteiger partial charge in [0.25, 0.3) is 0 Å². The van der Waals surface area contributed by atoms with Crippen molar-refractivity contribution in [2.45, 2.75) is 25.1 Å². The van der Waals surface area contributed by atoms with E-state index in [1.54, 1.807) is 0 Å². The molecule has 0 unspecified atom stereocenters. The third-order valence-corrected chi connectivity index (χ3v) is 2.76. The summed E-state index contributed by atoms with van der Waals surface area (Å²) in [5.74, 6) is -3.85. The van der Waals surface area contributed by atoms with Crippen LogP contribution in [-0.2, 0) is 11.3 Å². The second-order valence-corrected chi connectivity index (χ2v) is 3.80. The van der Waals surface area contributed by atoms with Crippen molar-refractivity contribution in [2.75, 3.05) is 0 Å². The zero-order valence-electron chi connectivity index (χ0n) is 8.11. The van der Waals surface area contributed by atoms with Gasteiger partial charge in [-0.3, -0.25) is 4.79 Å². The van der Waals surface area contributed by atoms with Crippen molar-refractivity contribution in [3.63, 3.8) is 0 Å². The average molecular weight is 234 g/mol. The molecule has 88 valence electrons. The largest absolute Gasteiger partial charge is 0.481 e. The fourth-order valence-electron chi connectivity index (χ4n) is 1.94. The molecular weight excluding hydrogens is 225 g/mol. The normalized spacial score (nSPS) is 25.2. The van der Waals surface area contributed by atoms with Crippen molar-refractivity contribution in [1.29, 1.82) is 0 Å². The quantitative estimate of drug-likeness (QED) is 0.803. The van der Waals surface area contributed by atoms with Gasteiger partial charge in [0.15, 0.2) is 0 Å². The topological polar surface area (TPSA) is 55.1 Å². The number of carboxylic acid groups (broad SMARTS) is 1. The van der Waals surface area contributed by atoms with Gasteiger partial charge in [0.1, 0.15) is 11.7 Å². The Hall–Kier alpha value is -1.53. The lowest BCUT2D eigenvalue weighted by molar-refractivity contribution is -0.185. The van der Waals surface area contributed by atoms with Gasteiger partial charge in [-0.25, -0.2) is 4.98 Å². The summed E-state index contributed by atoms with van der Waals surface area (Å²) in [6, 6.07) is 0. The minimum Gasteiger partial charge on any atom is -0.481 e. The summed E-state index contributed by atoms with van der Waals surface area (Å²) < 4.78 is 38.9. The maximum atomic E-state index is 12.6. The zero-order chi connectivity index (χ0) is 11.9. The lowest BCUT2D eigenvalue weighted by atomic mass is 9.90. The molecular formula is C9H9F3N2O2. The maximum Gasteiger partial charge on any atom is 0.393 e. The van der Waals surface area contributed by atoms with Gasteiger partial charge in [0.2, 0.25) is 0 Å². The van der Waals surface area contributed by atoms with Crippen LogP contribution in [0.4, 0.5) is 13.2 Å². The molecule has 0 saturated carbocycles. The summed E-state index contributed by atoms with van der Waals surface area (Å²) in [6.07, 6.45) is -2.10. The fourth-order valence-corrected chi connectivity index (χ4v) is 1.94. The van der Waals surface area contributed by atoms with Gasteiger partial charge >= 0.3 is 12.1 Å². The number of hydrogen-bond donors (Lipinski definition) is 1. The van der Waals surface area contributed by atoms with Crippen LogP contribution in [0.3, 0.4) is 0 Å². The van der Waals surface area contributed by atoms with Gasteiger partial charge in [-0.1, -0.05) is 0 Å². The number of carbonyl (C=O) groups is 1. The van der Waals surface area contributed by atoms with Crippen molar-refractivity contribution in [2.24, 2.45) is 5.92 Å². The van der Waals surface area contributed by atoms with Gasteiger partial charge in [-0.2, -0.15) is 13.2 Å². The van der Waals surface area contributed by atoms with Crippen LogP contribution in [0.5, 0.6) is 0 Å². The molecule has 0 bridgehead atoms. The first-order chi connectivity index (χ1) is 7.39. The van der Waals surface area contributed by atoms with E-state index in [1.165, 1.54) is 17.0 Å². The van der Waals surface area contributed by atoms with E-state index in [-0.39, 0.29) is 12.4 Å². The number of aliphatic carboxylic acids is 1. The lowest BCUT2D eigenvalue weighted by Gasteiger charge is -2.29. The molecule has 0 saturated heterocycles. The van der Waals surface area contributed by atoms with E-state index in [0.29, 0.717) is 0 Å². The Balaban J connectivity index is 2.34. The molecule has 0 aromatic carbocycles. The van der Waals surface area contributed by atoms with Crippen molar-refractivity contribution in [1.82, 2.24) is 9.55 Å². The Labute approximate surface area is 88.7 Å². The molecule has 1 N–H and O–H groups in total. The van der Waals surface area contributed by atoms with Gasteiger partial charge in [0, 0.05) is 18.9 Å². The highest BCUT2D eigenvalue weighted by atomic mass is 19.4. The van der Waals surface area contributed by atoms with Crippen molar-refractivity contribution in [3.05, 3.63) is 18.2 Å². The maximum absolute atomic E-state index is 12.6. The third-order valence-electron chi connectivity index (χ3n) is 2.76. The predicted octanol–water partition coefficient (Wildman–Crippen LogP) is 1.63. The third kappa shape index (κ3) is 1.77. The molecule has 0 amide bonds.